The molecule has 0 saturated heterocycles. The van der Waals surface area contributed by atoms with Crippen molar-refractivity contribution in [3.63, 3.8) is 0 Å². The number of rotatable bonds is 10. The van der Waals surface area contributed by atoms with Crippen LogP contribution in [0.4, 0.5) is 0 Å². The minimum absolute atomic E-state index is 0.139. The molecule has 1 heterocycles. The van der Waals surface area contributed by atoms with Gasteiger partial charge in [-0.05, 0) is 24.8 Å². The fraction of sp³-hybridized carbons (Fsp3) is 0.450. The minimum Gasteiger partial charge on any atom is -0.480 e. The average Bonchev–Trinajstić information content (AvgIpc) is 3.01. The van der Waals surface area contributed by atoms with Gasteiger partial charge in [-0.2, -0.15) is 0 Å². The maximum atomic E-state index is 11.7. The van der Waals surface area contributed by atoms with Crippen LogP contribution in [-0.2, 0) is 22.6 Å². The van der Waals surface area contributed by atoms with Gasteiger partial charge in [0.2, 0.25) is 0 Å². The zero-order chi connectivity index (χ0) is 20.0. The van der Waals surface area contributed by atoms with Gasteiger partial charge in [0.05, 0.1) is 6.33 Å². The van der Waals surface area contributed by atoms with E-state index >= 15 is 0 Å². The fourth-order valence-electron chi connectivity index (χ4n) is 2.93. The molecule has 7 heteroatoms. The van der Waals surface area contributed by atoms with Gasteiger partial charge in [0.15, 0.2) is 0 Å². The molecule has 0 spiro atoms. The van der Waals surface area contributed by atoms with Crippen molar-refractivity contribution in [1.82, 2.24) is 14.9 Å². The lowest BCUT2D eigenvalue weighted by molar-refractivity contribution is -0.142. The zero-order valence-corrected chi connectivity index (χ0v) is 15.9. The number of benzene rings is 1. The molecule has 0 radical (unpaired) electrons. The molecular weight excluding hydrogens is 346 g/mol. The molecule has 0 saturated carbocycles. The van der Waals surface area contributed by atoms with Crippen LogP contribution in [0.3, 0.4) is 0 Å². The molecule has 2 atom stereocenters. The maximum Gasteiger partial charge on any atom is 0.321 e. The maximum absolute atomic E-state index is 11.7. The van der Waals surface area contributed by atoms with E-state index in [0.717, 1.165) is 11.3 Å². The molecule has 0 fully saturated rings. The molecule has 7 nitrogen and oxygen atoms in total. The largest absolute Gasteiger partial charge is 0.480 e. The van der Waals surface area contributed by atoms with Crippen molar-refractivity contribution < 1.29 is 19.8 Å². The number of aryl methyl sites for hydroxylation is 1. The summed E-state index contributed by atoms with van der Waals surface area (Å²) < 4.78 is 1.89. The first-order chi connectivity index (χ1) is 12.8. The Morgan fingerprint density at radius 2 is 1.74 bits per heavy atom. The summed E-state index contributed by atoms with van der Waals surface area (Å²) in [5.74, 6) is -1.98. The Kier molecular flexibility index (Phi) is 7.12. The summed E-state index contributed by atoms with van der Waals surface area (Å²) in [7, 11) is 0. The standard InChI is InChI=1S/C20H27N3O4/c1-13(2)8-17(19(24)25)22-18(20(26)27)9-16-10-21-12-23(16)11-15-6-4-14(3)5-7-15/h4-7,10,12-13,17-18,22H,8-9,11H2,1-3H3,(H,24,25)(H,26,27). The summed E-state index contributed by atoms with van der Waals surface area (Å²) in [5.41, 5.74) is 3.00. The molecule has 1 aromatic carbocycles. The highest BCUT2D eigenvalue weighted by molar-refractivity contribution is 5.77. The molecule has 0 amide bonds. The molecule has 2 aromatic rings. The van der Waals surface area contributed by atoms with Crippen molar-refractivity contribution in [2.24, 2.45) is 5.92 Å². The van der Waals surface area contributed by atoms with Crippen LogP contribution in [0.25, 0.3) is 0 Å². The number of imidazole rings is 1. The fourth-order valence-corrected chi connectivity index (χ4v) is 2.93. The first-order valence-corrected chi connectivity index (χ1v) is 9.02. The molecule has 3 N–H and O–H groups in total. The van der Waals surface area contributed by atoms with Crippen LogP contribution in [-0.4, -0.2) is 43.8 Å². The second-order valence-corrected chi connectivity index (χ2v) is 7.28. The van der Waals surface area contributed by atoms with Crippen LogP contribution in [0.2, 0.25) is 0 Å². The van der Waals surface area contributed by atoms with E-state index in [9.17, 15) is 19.8 Å². The number of aromatic nitrogens is 2. The van der Waals surface area contributed by atoms with Crippen LogP contribution in [0.1, 0.15) is 37.1 Å². The predicted octanol–water partition coefficient (Wildman–Crippen LogP) is 2.32. The first-order valence-electron chi connectivity index (χ1n) is 9.02. The summed E-state index contributed by atoms with van der Waals surface area (Å²) in [4.78, 5) is 27.3. The highest BCUT2D eigenvalue weighted by atomic mass is 16.4. The third-order valence-electron chi connectivity index (χ3n) is 4.39. The van der Waals surface area contributed by atoms with E-state index in [1.165, 1.54) is 5.56 Å². The topological polar surface area (TPSA) is 104 Å². The lowest BCUT2D eigenvalue weighted by atomic mass is 10.0. The average molecular weight is 373 g/mol. The second-order valence-electron chi connectivity index (χ2n) is 7.28. The Morgan fingerprint density at radius 3 is 2.30 bits per heavy atom. The van der Waals surface area contributed by atoms with Gasteiger partial charge in [0.1, 0.15) is 12.1 Å². The van der Waals surface area contributed by atoms with Gasteiger partial charge in [-0.3, -0.25) is 14.9 Å². The Balaban J connectivity index is 2.12. The van der Waals surface area contributed by atoms with Crippen molar-refractivity contribution in [3.8, 4) is 0 Å². The zero-order valence-electron chi connectivity index (χ0n) is 15.9. The Bertz CT molecular complexity index is 768. The summed E-state index contributed by atoms with van der Waals surface area (Å²) >= 11 is 0. The van der Waals surface area contributed by atoms with Crippen LogP contribution >= 0.6 is 0 Å². The molecule has 1 aromatic heterocycles. The number of nitrogens with zero attached hydrogens (tertiary/aromatic N) is 2. The summed E-state index contributed by atoms with van der Waals surface area (Å²) in [5, 5.41) is 21.7. The summed E-state index contributed by atoms with van der Waals surface area (Å²) in [6.45, 7) is 6.41. The number of carboxylic acids is 2. The van der Waals surface area contributed by atoms with E-state index in [1.807, 2.05) is 49.6 Å². The Hall–Kier alpha value is -2.67. The lowest BCUT2D eigenvalue weighted by Crippen LogP contribution is -2.49. The third kappa shape index (κ3) is 6.21. The Morgan fingerprint density at radius 1 is 1.11 bits per heavy atom. The molecular formula is C20H27N3O4. The summed E-state index contributed by atoms with van der Waals surface area (Å²) in [6.07, 6.45) is 3.81. The van der Waals surface area contributed by atoms with Crippen LogP contribution < -0.4 is 5.32 Å². The number of hydrogen-bond donors (Lipinski definition) is 3. The number of hydrogen-bond acceptors (Lipinski definition) is 4. The highest BCUT2D eigenvalue weighted by Crippen LogP contribution is 2.12. The molecule has 2 unspecified atom stereocenters. The number of aliphatic carboxylic acids is 2. The normalized spacial score (nSPS) is 13.5. The molecule has 0 aliphatic rings. The predicted molar refractivity (Wildman–Crippen MR) is 102 cm³/mol. The molecule has 27 heavy (non-hydrogen) atoms. The Labute approximate surface area is 159 Å². The van der Waals surface area contributed by atoms with Crippen LogP contribution in [0.5, 0.6) is 0 Å². The van der Waals surface area contributed by atoms with E-state index in [-0.39, 0.29) is 12.3 Å². The summed E-state index contributed by atoms with van der Waals surface area (Å²) in [6, 6.07) is 6.19. The van der Waals surface area contributed by atoms with Gasteiger partial charge < -0.3 is 14.8 Å². The molecule has 2 rings (SSSR count). The molecule has 146 valence electrons. The number of carboxylic acid groups (broad SMARTS) is 2. The van der Waals surface area contributed by atoms with E-state index in [0.29, 0.717) is 13.0 Å². The lowest BCUT2D eigenvalue weighted by Gasteiger charge is -2.22. The van der Waals surface area contributed by atoms with Gasteiger partial charge in [0.25, 0.3) is 0 Å². The monoisotopic (exact) mass is 373 g/mol. The van der Waals surface area contributed by atoms with Gasteiger partial charge in [0, 0.05) is 24.9 Å². The second kappa shape index (κ2) is 9.32. The number of carbonyl (C=O) groups is 2. The van der Waals surface area contributed by atoms with Crippen molar-refractivity contribution in [2.45, 2.75) is 52.2 Å². The van der Waals surface area contributed by atoms with E-state index < -0.39 is 24.0 Å². The van der Waals surface area contributed by atoms with Gasteiger partial charge in [-0.1, -0.05) is 43.7 Å². The van der Waals surface area contributed by atoms with Crippen molar-refractivity contribution in [1.29, 1.82) is 0 Å². The molecule has 0 aliphatic heterocycles. The van der Waals surface area contributed by atoms with Crippen molar-refractivity contribution in [3.05, 3.63) is 53.6 Å². The van der Waals surface area contributed by atoms with E-state index in [4.69, 9.17) is 0 Å². The van der Waals surface area contributed by atoms with Gasteiger partial charge in [-0.15, -0.1) is 0 Å². The van der Waals surface area contributed by atoms with E-state index in [2.05, 4.69) is 10.3 Å². The van der Waals surface area contributed by atoms with Crippen molar-refractivity contribution >= 4 is 11.9 Å². The smallest absolute Gasteiger partial charge is 0.321 e. The van der Waals surface area contributed by atoms with Crippen LogP contribution in [0, 0.1) is 12.8 Å². The van der Waals surface area contributed by atoms with E-state index in [1.54, 1.807) is 12.5 Å². The van der Waals surface area contributed by atoms with Gasteiger partial charge >= 0.3 is 11.9 Å². The minimum atomic E-state index is -1.08. The van der Waals surface area contributed by atoms with Crippen LogP contribution in [0.15, 0.2) is 36.8 Å². The molecule has 0 aliphatic carbocycles. The SMILES string of the molecule is Cc1ccc(Cn2cncc2CC(NC(CC(C)C)C(=O)O)C(=O)O)cc1. The highest BCUT2D eigenvalue weighted by Gasteiger charge is 2.27. The number of nitrogens with one attached hydrogen (secondary N) is 1. The quantitative estimate of drug-likeness (QED) is 0.590. The first kappa shape index (κ1) is 20.6. The van der Waals surface area contributed by atoms with Crippen molar-refractivity contribution in [2.75, 3.05) is 0 Å². The molecule has 0 bridgehead atoms. The third-order valence-corrected chi connectivity index (χ3v) is 4.39. The van der Waals surface area contributed by atoms with Gasteiger partial charge in [-0.25, -0.2) is 4.98 Å².